The first-order valence-electron chi connectivity index (χ1n) is 9.24. The van der Waals surface area contributed by atoms with Gasteiger partial charge >= 0.3 is 0 Å². The molecule has 2 aromatic carbocycles. The smallest absolute Gasteiger partial charge is 0.222 e. The number of ether oxygens (including phenoxy) is 1. The average Bonchev–Trinajstić information content (AvgIpc) is 3.17. The normalized spacial score (nSPS) is 10.6. The molecule has 0 fully saturated rings. The minimum absolute atomic E-state index is 0.0736. The number of aromatic nitrogens is 1. The number of halogens is 1. The van der Waals surface area contributed by atoms with E-state index < -0.39 is 0 Å². The van der Waals surface area contributed by atoms with Gasteiger partial charge in [0.25, 0.3) is 0 Å². The van der Waals surface area contributed by atoms with Crippen LogP contribution in [0.3, 0.4) is 0 Å². The van der Waals surface area contributed by atoms with E-state index in [0.29, 0.717) is 49.1 Å². The first kappa shape index (κ1) is 20.0. The third-order valence-corrected chi connectivity index (χ3v) is 4.55. The molecule has 0 aliphatic heterocycles. The van der Waals surface area contributed by atoms with Crippen LogP contribution in [0.1, 0.15) is 18.7 Å². The largest absolute Gasteiger partial charge is 0.492 e. The van der Waals surface area contributed by atoms with Crippen LogP contribution in [0, 0.1) is 0 Å². The van der Waals surface area contributed by atoms with Gasteiger partial charge in [-0.3, -0.25) is 4.79 Å². The lowest BCUT2D eigenvalue weighted by atomic mass is 10.2. The Labute approximate surface area is 169 Å². The van der Waals surface area contributed by atoms with Crippen molar-refractivity contribution >= 4 is 17.5 Å². The van der Waals surface area contributed by atoms with E-state index in [1.807, 2.05) is 42.5 Å². The van der Waals surface area contributed by atoms with Gasteiger partial charge in [0.15, 0.2) is 11.7 Å². The molecule has 0 saturated carbocycles. The molecular formula is C22H23ClN2O3. The van der Waals surface area contributed by atoms with E-state index in [2.05, 4.69) is 4.98 Å². The molecule has 0 saturated heterocycles. The highest BCUT2D eigenvalue weighted by molar-refractivity contribution is 6.30. The maximum Gasteiger partial charge on any atom is 0.222 e. The van der Waals surface area contributed by atoms with E-state index in [1.165, 1.54) is 0 Å². The van der Waals surface area contributed by atoms with Crippen LogP contribution >= 0.6 is 11.6 Å². The van der Waals surface area contributed by atoms with Crippen molar-refractivity contribution in [3.8, 4) is 17.1 Å². The Morgan fingerprint density at radius 1 is 1.18 bits per heavy atom. The zero-order valence-electron chi connectivity index (χ0n) is 15.8. The quantitative estimate of drug-likeness (QED) is 0.516. The Morgan fingerprint density at radius 2 is 2.00 bits per heavy atom. The summed E-state index contributed by atoms with van der Waals surface area (Å²) in [6, 6.07) is 17.1. The van der Waals surface area contributed by atoms with E-state index in [0.717, 1.165) is 11.3 Å². The number of likely N-dealkylation sites (N-methyl/N-ethyl adjacent to an activating group) is 1. The van der Waals surface area contributed by atoms with E-state index in [1.54, 1.807) is 30.3 Å². The van der Waals surface area contributed by atoms with Gasteiger partial charge in [-0.1, -0.05) is 48.0 Å². The van der Waals surface area contributed by atoms with E-state index in [4.69, 9.17) is 20.8 Å². The Balaban J connectivity index is 1.37. The lowest BCUT2D eigenvalue weighted by Crippen LogP contribution is -2.30. The zero-order valence-corrected chi connectivity index (χ0v) is 16.6. The van der Waals surface area contributed by atoms with Crippen LogP contribution < -0.4 is 4.74 Å². The van der Waals surface area contributed by atoms with Crippen LogP contribution in [-0.4, -0.2) is 36.0 Å². The number of aryl methyl sites for hydroxylation is 1. The number of nitrogens with zero attached hydrogens (tertiary/aromatic N) is 2. The molecule has 146 valence electrons. The molecule has 5 nitrogen and oxygen atoms in total. The Bertz CT molecular complexity index is 896. The van der Waals surface area contributed by atoms with Crippen molar-refractivity contribution in [3.63, 3.8) is 0 Å². The number of amides is 1. The highest BCUT2D eigenvalue weighted by Crippen LogP contribution is 2.20. The van der Waals surface area contributed by atoms with E-state index in [-0.39, 0.29) is 5.91 Å². The molecule has 3 rings (SSSR count). The van der Waals surface area contributed by atoms with Crippen LogP contribution in [0.4, 0.5) is 0 Å². The minimum Gasteiger partial charge on any atom is -0.492 e. The average molecular weight is 399 g/mol. The third-order valence-electron chi connectivity index (χ3n) is 4.31. The van der Waals surface area contributed by atoms with Crippen LogP contribution in [0.15, 0.2) is 65.2 Å². The Kier molecular flexibility index (Phi) is 7.09. The van der Waals surface area contributed by atoms with Gasteiger partial charge in [-0.25, -0.2) is 4.98 Å². The number of hydrogen-bond acceptors (Lipinski definition) is 4. The van der Waals surface area contributed by atoms with Crippen molar-refractivity contribution in [2.45, 2.75) is 19.3 Å². The summed E-state index contributed by atoms with van der Waals surface area (Å²) in [5.74, 6) is 2.17. The van der Waals surface area contributed by atoms with Gasteiger partial charge in [-0.15, -0.1) is 0 Å². The molecule has 0 spiro atoms. The zero-order chi connectivity index (χ0) is 19.8. The van der Waals surface area contributed by atoms with Gasteiger partial charge < -0.3 is 14.1 Å². The fourth-order valence-corrected chi connectivity index (χ4v) is 2.91. The van der Waals surface area contributed by atoms with Crippen LogP contribution in [0.2, 0.25) is 5.02 Å². The second-order valence-electron chi connectivity index (χ2n) is 6.46. The van der Waals surface area contributed by atoms with Crippen molar-refractivity contribution in [3.05, 3.63) is 71.7 Å². The Hall–Kier alpha value is -2.79. The first-order chi connectivity index (χ1) is 13.6. The lowest BCUT2D eigenvalue weighted by Gasteiger charge is -2.17. The molecule has 1 aromatic heterocycles. The highest BCUT2D eigenvalue weighted by atomic mass is 35.5. The number of hydrogen-bond donors (Lipinski definition) is 0. The number of carbonyl (C=O) groups excluding carboxylic acids is 1. The summed E-state index contributed by atoms with van der Waals surface area (Å²) >= 11 is 5.92. The second-order valence-corrected chi connectivity index (χ2v) is 6.90. The summed E-state index contributed by atoms with van der Waals surface area (Å²) in [5, 5.41) is 0.629. The molecule has 0 bridgehead atoms. The monoisotopic (exact) mass is 398 g/mol. The summed E-state index contributed by atoms with van der Waals surface area (Å²) < 4.78 is 11.4. The molecule has 0 N–H and O–H groups in total. The highest BCUT2D eigenvalue weighted by Gasteiger charge is 2.11. The van der Waals surface area contributed by atoms with Crippen molar-refractivity contribution in [1.29, 1.82) is 0 Å². The van der Waals surface area contributed by atoms with E-state index in [9.17, 15) is 4.79 Å². The molecule has 0 aliphatic rings. The van der Waals surface area contributed by atoms with Crippen molar-refractivity contribution in [2.24, 2.45) is 0 Å². The molecule has 0 aliphatic carbocycles. The van der Waals surface area contributed by atoms with Gasteiger partial charge in [0.05, 0.1) is 12.7 Å². The van der Waals surface area contributed by atoms with Crippen LogP contribution in [0.5, 0.6) is 5.75 Å². The predicted octanol–water partition coefficient (Wildman–Crippen LogP) is 4.86. The summed E-state index contributed by atoms with van der Waals surface area (Å²) in [5.41, 5.74) is 0.997. The Morgan fingerprint density at radius 3 is 2.79 bits per heavy atom. The molecule has 0 unspecified atom stereocenters. The summed E-state index contributed by atoms with van der Waals surface area (Å²) in [6.07, 6.45) is 3.49. The van der Waals surface area contributed by atoms with Gasteiger partial charge in [0.2, 0.25) is 5.91 Å². The van der Waals surface area contributed by atoms with Crippen molar-refractivity contribution < 1.29 is 13.9 Å². The van der Waals surface area contributed by atoms with Gasteiger partial charge in [0.1, 0.15) is 12.4 Å². The summed E-state index contributed by atoms with van der Waals surface area (Å²) in [7, 11) is 1.78. The van der Waals surface area contributed by atoms with Crippen LogP contribution in [-0.2, 0) is 11.2 Å². The number of rotatable bonds is 9. The second kappa shape index (κ2) is 9.95. The number of oxazole rings is 1. The van der Waals surface area contributed by atoms with Gasteiger partial charge in [-0.05, 0) is 24.6 Å². The molecular weight excluding hydrogens is 376 g/mol. The first-order valence-corrected chi connectivity index (χ1v) is 9.62. The minimum atomic E-state index is 0.0736. The van der Waals surface area contributed by atoms with Gasteiger partial charge in [0, 0.05) is 30.5 Å². The predicted molar refractivity (Wildman–Crippen MR) is 109 cm³/mol. The maximum absolute atomic E-state index is 12.3. The van der Waals surface area contributed by atoms with E-state index >= 15 is 0 Å². The third kappa shape index (κ3) is 5.86. The fraction of sp³-hybridized carbons (Fsp3) is 0.273. The molecule has 0 atom stereocenters. The molecule has 0 radical (unpaired) electrons. The maximum atomic E-state index is 12.3. The molecule has 1 heterocycles. The lowest BCUT2D eigenvalue weighted by molar-refractivity contribution is -0.130. The molecule has 3 aromatic rings. The van der Waals surface area contributed by atoms with Gasteiger partial charge in [-0.2, -0.15) is 0 Å². The summed E-state index contributed by atoms with van der Waals surface area (Å²) in [6.45, 7) is 0.936. The number of carbonyl (C=O) groups is 1. The fourth-order valence-electron chi connectivity index (χ4n) is 2.73. The summed E-state index contributed by atoms with van der Waals surface area (Å²) in [4.78, 5) is 18.2. The standard InChI is InChI=1S/C22H23ClN2O3/c1-25(13-14-27-19-10-5-9-18(23)15-19)22(26)12-6-11-21-24-16-20(28-21)17-7-3-2-4-8-17/h2-5,7-10,15-16H,6,11-14H2,1H3. The molecule has 28 heavy (non-hydrogen) atoms. The topological polar surface area (TPSA) is 55.6 Å². The van der Waals surface area contributed by atoms with Crippen molar-refractivity contribution in [1.82, 2.24) is 9.88 Å². The SMILES string of the molecule is CN(CCOc1cccc(Cl)c1)C(=O)CCCc1ncc(-c2ccccc2)o1. The van der Waals surface area contributed by atoms with Crippen molar-refractivity contribution in [2.75, 3.05) is 20.2 Å². The molecule has 6 heteroatoms. The van der Waals surface area contributed by atoms with Crippen LogP contribution in [0.25, 0.3) is 11.3 Å². The number of benzene rings is 2. The molecule has 1 amide bonds.